The predicted octanol–water partition coefficient (Wildman–Crippen LogP) is 6.63. The summed E-state index contributed by atoms with van der Waals surface area (Å²) in [6.45, 7) is 6.07. The fourth-order valence-corrected chi connectivity index (χ4v) is 4.69. The Bertz CT molecular complexity index is 1640. The van der Waals surface area contributed by atoms with Gasteiger partial charge >= 0.3 is 0 Å². The summed E-state index contributed by atoms with van der Waals surface area (Å²) in [6.07, 6.45) is 4.44. The molecule has 0 saturated heterocycles. The van der Waals surface area contributed by atoms with E-state index in [1.165, 1.54) is 4.88 Å². The Kier molecular flexibility index (Phi) is 4.92. The van der Waals surface area contributed by atoms with Crippen LogP contribution in [0.1, 0.15) is 13.3 Å². The Morgan fingerprint density at radius 2 is 1.97 bits per heavy atom. The number of hydrogen-bond acceptors (Lipinski definition) is 6. The summed E-state index contributed by atoms with van der Waals surface area (Å²) in [5.41, 5.74) is 8.82. The van der Waals surface area contributed by atoms with E-state index in [0.717, 1.165) is 56.7 Å². The van der Waals surface area contributed by atoms with Crippen molar-refractivity contribution >= 4 is 39.1 Å². The van der Waals surface area contributed by atoms with Crippen LogP contribution in [-0.2, 0) is 0 Å². The van der Waals surface area contributed by atoms with E-state index in [2.05, 4.69) is 62.6 Å². The van der Waals surface area contributed by atoms with Crippen LogP contribution in [0.25, 0.3) is 55.3 Å². The van der Waals surface area contributed by atoms with Crippen LogP contribution in [0, 0.1) is 0 Å². The molecule has 5 aromatic heterocycles. The smallest absolute Gasteiger partial charge is 0.161 e. The van der Waals surface area contributed by atoms with Gasteiger partial charge < -0.3 is 10.3 Å². The van der Waals surface area contributed by atoms with E-state index in [-0.39, 0.29) is 0 Å². The Morgan fingerprint density at radius 1 is 1.03 bits per heavy atom. The molecule has 3 N–H and O–H groups in total. The molecule has 0 aliphatic carbocycles. The van der Waals surface area contributed by atoms with Gasteiger partial charge in [-0.2, -0.15) is 5.10 Å². The van der Waals surface area contributed by atoms with Crippen LogP contribution >= 0.6 is 11.3 Å². The highest BCUT2D eigenvalue weighted by Gasteiger charge is 2.17. The molecule has 0 bridgehead atoms. The summed E-state index contributed by atoms with van der Waals surface area (Å²) in [5, 5.41) is 13.0. The second-order valence-electron chi connectivity index (χ2n) is 7.97. The van der Waals surface area contributed by atoms with Crippen LogP contribution in [0.15, 0.2) is 78.6 Å². The monoisotopic (exact) mass is 463 g/mol. The summed E-state index contributed by atoms with van der Waals surface area (Å²) < 4.78 is 0. The number of aromatic nitrogens is 6. The molecule has 0 aliphatic rings. The summed E-state index contributed by atoms with van der Waals surface area (Å²) >= 11 is 1.70. The number of H-pyrrole nitrogens is 2. The number of benzene rings is 1. The topological polar surface area (TPSA) is 95.2 Å². The molecule has 34 heavy (non-hydrogen) atoms. The molecule has 6 rings (SSSR count). The molecule has 8 heteroatoms. The lowest BCUT2D eigenvalue weighted by Gasteiger charge is -2.08. The van der Waals surface area contributed by atoms with Crippen LogP contribution in [0.2, 0.25) is 0 Å². The number of nitrogens with one attached hydrogen (secondary N) is 3. The first-order valence-electron chi connectivity index (χ1n) is 11.0. The zero-order valence-electron chi connectivity index (χ0n) is 18.5. The first-order chi connectivity index (χ1) is 16.7. The molecular formula is C26H21N7S. The van der Waals surface area contributed by atoms with Gasteiger partial charge in [0, 0.05) is 27.9 Å². The van der Waals surface area contributed by atoms with Crippen molar-refractivity contribution in [3.05, 3.63) is 78.6 Å². The molecule has 0 fully saturated rings. The molecular weight excluding hydrogens is 442 g/mol. The number of nitrogens with zero attached hydrogens (tertiary/aromatic N) is 4. The van der Waals surface area contributed by atoms with Crippen molar-refractivity contribution in [1.82, 2.24) is 30.1 Å². The van der Waals surface area contributed by atoms with E-state index in [9.17, 15) is 0 Å². The minimum absolute atomic E-state index is 0.683. The maximum Gasteiger partial charge on any atom is 0.161 e. The van der Waals surface area contributed by atoms with Crippen molar-refractivity contribution in [3.8, 4) is 33.2 Å². The second kappa shape index (κ2) is 8.24. The molecule has 0 atom stereocenters. The van der Waals surface area contributed by atoms with Gasteiger partial charge in [-0.1, -0.05) is 31.7 Å². The molecule has 0 amide bonds. The second-order valence-corrected chi connectivity index (χ2v) is 8.92. The lowest BCUT2D eigenvalue weighted by atomic mass is 10.1. The van der Waals surface area contributed by atoms with E-state index < -0.39 is 0 Å². The van der Waals surface area contributed by atoms with Crippen LogP contribution < -0.4 is 5.32 Å². The number of aromatic amines is 2. The highest BCUT2D eigenvalue weighted by atomic mass is 32.1. The number of allylic oxidation sites excluding steroid dienone is 1. The van der Waals surface area contributed by atoms with E-state index in [1.54, 1.807) is 17.5 Å². The summed E-state index contributed by atoms with van der Waals surface area (Å²) in [6, 6.07) is 16.3. The van der Waals surface area contributed by atoms with Gasteiger partial charge in [0.15, 0.2) is 11.5 Å². The average molecular weight is 464 g/mol. The minimum Gasteiger partial charge on any atom is -0.358 e. The van der Waals surface area contributed by atoms with Gasteiger partial charge in [-0.3, -0.25) is 10.1 Å². The quantitative estimate of drug-likeness (QED) is 0.258. The van der Waals surface area contributed by atoms with Gasteiger partial charge in [-0.25, -0.2) is 9.97 Å². The zero-order chi connectivity index (χ0) is 23.1. The molecule has 0 unspecified atom stereocenters. The summed E-state index contributed by atoms with van der Waals surface area (Å²) in [4.78, 5) is 18.8. The highest BCUT2D eigenvalue weighted by Crippen LogP contribution is 2.33. The number of rotatable bonds is 6. The number of fused-ring (bicyclic) bond motifs is 2. The standard InChI is InChI=1S/C26H21N7S/c1-3-15(2)28-17-12-16(13-27-14-17)19-9-10-21-24(29-19)25(33-32-21)26-30-20-7-4-6-18(23(20)31-26)22-8-5-11-34-22/h4-14,28H,2-3H2,1H3,(H,30,31)(H,32,33). The third-order valence-electron chi connectivity index (χ3n) is 5.71. The first kappa shape index (κ1) is 20.3. The Morgan fingerprint density at radius 3 is 2.82 bits per heavy atom. The van der Waals surface area contributed by atoms with E-state index in [4.69, 9.17) is 9.97 Å². The molecule has 0 spiro atoms. The molecule has 0 aliphatic heterocycles. The van der Waals surface area contributed by atoms with Gasteiger partial charge in [-0.15, -0.1) is 11.3 Å². The van der Waals surface area contributed by atoms with Crippen molar-refractivity contribution in [2.75, 3.05) is 5.32 Å². The normalized spacial score (nSPS) is 11.3. The zero-order valence-corrected chi connectivity index (χ0v) is 19.3. The van der Waals surface area contributed by atoms with Crippen LogP contribution in [0.5, 0.6) is 0 Å². The largest absolute Gasteiger partial charge is 0.358 e. The minimum atomic E-state index is 0.683. The number of imidazole rings is 1. The maximum atomic E-state index is 4.92. The van der Waals surface area contributed by atoms with Crippen molar-refractivity contribution in [2.24, 2.45) is 0 Å². The Labute approximate surface area is 199 Å². The summed E-state index contributed by atoms with van der Waals surface area (Å²) in [7, 11) is 0. The number of thiophene rings is 1. The third-order valence-corrected chi connectivity index (χ3v) is 6.62. The molecule has 0 radical (unpaired) electrons. The van der Waals surface area contributed by atoms with Crippen LogP contribution in [-0.4, -0.2) is 30.1 Å². The van der Waals surface area contributed by atoms with Crippen molar-refractivity contribution < 1.29 is 0 Å². The Balaban J connectivity index is 1.43. The molecule has 6 aromatic rings. The highest BCUT2D eigenvalue weighted by molar-refractivity contribution is 7.13. The number of para-hydroxylation sites is 1. The fraction of sp³-hybridized carbons (Fsp3) is 0.0769. The van der Waals surface area contributed by atoms with Gasteiger partial charge in [0.2, 0.25) is 0 Å². The molecule has 166 valence electrons. The predicted molar refractivity (Wildman–Crippen MR) is 139 cm³/mol. The van der Waals surface area contributed by atoms with Gasteiger partial charge in [0.1, 0.15) is 5.52 Å². The van der Waals surface area contributed by atoms with Gasteiger partial charge in [-0.05, 0) is 42.1 Å². The molecule has 5 heterocycles. The maximum absolute atomic E-state index is 4.92. The van der Waals surface area contributed by atoms with E-state index >= 15 is 0 Å². The number of anilines is 1. The number of pyridine rings is 2. The molecule has 1 aromatic carbocycles. The molecule has 0 saturated carbocycles. The lowest BCUT2D eigenvalue weighted by Crippen LogP contribution is -1.97. The van der Waals surface area contributed by atoms with Gasteiger partial charge in [0.25, 0.3) is 0 Å². The van der Waals surface area contributed by atoms with Crippen LogP contribution in [0.4, 0.5) is 5.69 Å². The fourth-order valence-electron chi connectivity index (χ4n) is 3.94. The number of hydrogen-bond donors (Lipinski definition) is 3. The third kappa shape index (κ3) is 3.54. The van der Waals surface area contributed by atoms with Gasteiger partial charge in [0.05, 0.1) is 34.1 Å². The van der Waals surface area contributed by atoms with Crippen molar-refractivity contribution in [1.29, 1.82) is 0 Å². The SMILES string of the molecule is C=C(CC)Nc1cncc(-c2ccc3[nH]nc(-c4nc5c(-c6cccs6)cccc5[nH]4)c3n2)c1. The van der Waals surface area contributed by atoms with E-state index in [0.29, 0.717) is 11.5 Å². The Hall–Kier alpha value is -4.30. The lowest BCUT2D eigenvalue weighted by molar-refractivity contribution is 1.10. The summed E-state index contributed by atoms with van der Waals surface area (Å²) in [5.74, 6) is 0.683. The van der Waals surface area contributed by atoms with E-state index in [1.807, 2.05) is 36.5 Å². The van der Waals surface area contributed by atoms with Crippen molar-refractivity contribution in [2.45, 2.75) is 13.3 Å². The van der Waals surface area contributed by atoms with Crippen LogP contribution in [0.3, 0.4) is 0 Å². The first-order valence-corrected chi connectivity index (χ1v) is 11.9. The molecule has 7 nitrogen and oxygen atoms in total. The van der Waals surface area contributed by atoms with Crippen molar-refractivity contribution in [3.63, 3.8) is 0 Å². The average Bonchev–Trinajstić information content (AvgIpc) is 3.62.